The molecule has 0 saturated carbocycles. The standard InChI is InChI=1S/C17H20N6O/c1-21-8-15(19-9-21)12-6-23(7-13(12)18)17(24)11-3-4-16-14(5-11)20-10-22(16)2/h3-5,8-10,12-13H,6-7,18H2,1-2H3/t12-,13-/m1/s1. The van der Waals surface area contributed by atoms with Gasteiger partial charge in [0.05, 0.1) is 29.4 Å². The molecule has 1 fully saturated rings. The number of hydrogen-bond donors (Lipinski definition) is 1. The summed E-state index contributed by atoms with van der Waals surface area (Å²) < 4.78 is 3.84. The lowest BCUT2D eigenvalue weighted by atomic mass is 10.0. The van der Waals surface area contributed by atoms with Crippen LogP contribution in [0.15, 0.2) is 37.1 Å². The van der Waals surface area contributed by atoms with Crippen molar-refractivity contribution in [3.63, 3.8) is 0 Å². The number of likely N-dealkylation sites (tertiary alicyclic amines) is 1. The van der Waals surface area contributed by atoms with Crippen molar-refractivity contribution in [3.8, 4) is 0 Å². The van der Waals surface area contributed by atoms with E-state index in [0.717, 1.165) is 16.7 Å². The average Bonchev–Trinajstić information content (AvgIpc) is 3.26. The largest absolute Gasteiger partial charge is 0.340 e. The van der Waals surface area contributed by atoms with Gasteiger partial charge in [-0.05, 0) is 18.2 Å². The van der Waals surface area contributed by atoms with Crippen LogP contribution in [0.25, 0.3) is 11.0 Å². The van der Waals surface area contributed by atoms with Gasteiger partial charge in [-0.3, -0.25) is 4.79 Å². The molecule has 3 heterocycles. The lowest BCUT2D eigenvalue weighted by Gasteiger charge is -2.16. The van der Waals surface area contributed by atoms with Crippen molar-refractivity contribution in [2.45, 2.75) is 12.0 Å². The summed E-state index contributed by atoms with van der Waals surface area (Å²) in [4.78, 5) is 23.4. The molecule has 7 nitrogen and oxygen atoms in total. The van der Waals surface area contributed by atoms with Crippen molar-refractivity contribution in [3.05, 3.63) is 48.3 Å². The molecule has 2 N–H and O–H groups in total. The van der Waals surface area contributed by atoms with Crippen LogP contribution in [0.3, 0.4) is 0 Å². The highest BCUT2D eigenvalue weighted by molar-refractivity contribution is 5.97. The molecule has 3 aromatic rings. The minimum absolute atomic E-state index is 0.00330. The van der Waals surface area contributed by atoms with Crippen molar-refractivity contribution in [2.75, 3.05) is 13.1 Å². The summed E-state index contributed by atoms with van der Waals surface area (Å²) in [6.07, 6.45) is 5.49. The Labute approximate surface area is 139 Å². The SMILES string of the molecule is Cn1cnc([C@@H]2CN(C(=O)c3ccc4c(c3)ncn4C)C[C@H]2N)c1. The molecular formula is C17H20N6O. The Morgan fingerprint density at radius 2 is 2.04 bits per heavy atom. The van der Waals surface area contributed by atoms with E-state index in [1.165, 1.54) is 0 Å². The maximum atomic E-state index is 12.8. The van der Waals surface area contributed by atoms with Crippen LogP contribution in [-0.4, -0.2) is 49.0 Å². The number of aromatic nitrogens is 4. The van der Waals surface area contributed by atoms with Gasteiger partial charge in [0.25, 0.3) is 5.91 Å². The molecule has 2 aromatic heterocycles. The van der Waals surface area contributed by atoms with Gasteiger partial charge >= 0.3 is 0 Å². The van der Waals surface area contributed by atoms with E-state index in [0.29, 0.717) is 18.7 Å². The van der Waals surface area contributed by atoms with Gasteiger partial charge in [0.1, 0.15) is 0 Å². The molecule has 1 aliphatic rings. The van der Waals surface area contributed by atoms with E-state index < -0.39 is 0 Å². The van der Waals surface area contributed by atoms with Crippen LogP contribution in [0.1, 0.15) is 22.0 Å². The summed E-state index contributed by atoms with van der Waals surface area (Å²) in [6, 6.07) is 5.54. The molecule has 2 atom stereocenters. The number of rotatable bonds is 2. The number of hydrogen-bond acceptors (Lipinski definition) is 4. The van der Waals surface area contributed by atoms with Gasteiger partial charge in [0.15, 0.2) is 0 Å². The number of benzene rings is 1. The summed E-state index contributed by atoms with van der Waals surface area (Å²) in [5.41, 5.74) is 9.69. The molecule has 1 aromatic carbocycles. The topological polar surface area (TPSA) is 82.0 Å². The van der Waals surface area contributed by atoms with Crippen LogP contribution in [0, 0.1) is 0 Å². The molecule has 1 aliphatic heterocycles. The van der Waals surface area contributed by atoms with Crippen LogP contribution < -0.4 is 5.73 Å². The molecule has 4 rings (SSSR count). The van der Waals surface area contributed by atoms with E-state index >= 15 is 0 Å². The van der Waals surface area contributed by atoms with Gasteiger partial charge in [-0.2, -0.15) is 0 Å². The fourth-order valence-electron chi connectivity index (χ4n) is 3.38. The Bertz CT molecular complexity index is 911. The number of nitrogens with zero attached hydrogens (tertiary/aromatic N) is 5. The van der Waals surface area contributed by atoms with E-state index in [4.69, 9.17) is 5.73 Å². The Morgan fingerprint density at radius 1 is 1.21 bits per heavy atom. The lowest BCUT2D eigenvalue weighted by molar-refractivity contribution is 0.0789. The highest BCUT2D eigenvalue weighted by Crippen LogP contribution is 2.27. The second kappa shape index (κ2) is 5.45. The van der Waals surface area contributed by atoms with Crippen LogP contribution in [0.4, 0.5) is 0 Å². The summed E-state index contributed by atoms with van der Waals surface area (Å²) >= 11 is 0. The summed E-state index contributed by atoms with van der Waals surface area (Å²) in [5, 5.41) is 0. The van der Waals surface area contributed by atoms with Gasteiger partial charge in [-0.1, -0.05) is 0 Å². The highest BCUT2D eigenvalue weighted by atomic mass is 16.2. The Morgan fingerprint density at radius 3 is 2.79 bits per heavy atom. The maximum Gasteiger partial charge on any atom is 0.254 e. The Balaban J connectivity index is 1.57. The van der Waals surface area contributed by atoms with Gasteiger partial charge in [-0.25, -0.2) is 9.97 Å². The van der Waals surface area contributed by atoms with E-state index in [1.807, 2.05) is 52.5 Å². The van der Waals surface area contributed by atoms with Crippen molar-refractivity contribution in [2.24, 2.45) is 19.8 Å². The first-order chi connectivity index (χ1) is 11.5. The zero-order valence-corrected chi connectivity index (χ0v) is 13.8. The Kier molecular flexibility index (Phi) is 3.38. The fourth-order valence-corrected chi connectivity index (χ4v) is 3.38. The summed E-state index contributed by atoms with van der Waals surface area (Å²) in [6.45, 7) is 1.14. The van der Waals surface area contributed by atoms with Crippen LogP contribution in [-0.2, 0) is 14.1 Å². The minimum Gasteiger partial charge on any atom is -0.340 e. The van der Waals surface area contributed by atoms with E-state index in [2.05, 4.69) is 9.97 Å². The number of nitrogens with two attached hydrogens (primary N) is 1. The number of amides is 1. The first-order valence-electron chi connectivity index (χ1n) is 7.96. The van der Waals surface area contributed by atoms with E-state index in [1.54, 1.807) is 12.7 Å². The number of carbonyl (C=O) groups is 1. The Hall–Kier alpha value is -2.67. The molecular weight excluding hydrogens is 304 g/mol. The molecule has 0 aliphatic carbocycles. The van der Waals surface area contributed by atoms with Crippen LogP contribution in [0.5, 0.6) is 0 Å². The molecule has 1 saturated heterocycles. The number of fused-ring (bicyclic) bond motifs is 1. The van der Waals surface area contributed by atoms with Crippen molar-refractivity contribution >= 4 is 16.9 Å². The second-order valence-corrected chi connectivity index (χ2v) is 6.50. The predicted octanol–water partition coefficient (Wildman–Crippen LogP) is 0.874. The van der Waals surface area contributed by atoms with Gasteiger partial charge in [0, 0.05) is 50.9 Å². The van der Waals surface area contributed by atoms with Crippen molar-refractivity contribution in [1.82, 2.24) is 24.0 Å². The molecule has 124 valence electrons. The normalized spacial score (nSPS) is 20.9. The van der Waals surface area contributed by atoms with E-state index in [9.17, 15) is 4.79 Å². The minimum atomic E-state index is -0.0950. The quantitative estimate of drug-likeness (QED) is 0.758. The molecule has 7 heteroatoms. The third-order valence-electron chi connectivity index (χ3n) is 4.73. The van der Waals surface area contributed by atoms with Crippen molar-refractivity contribution in [1.29, 1.82) is 0 Å². The molecule has 0 bridgehead atoms. The number of aryl methyl sites for hydroxylation is 2. The zero-order valence-electron chi connectivity index (χ0n) is 13.8. The molecule has 24 heavy (non-hydrogen) atoms. The number of carbonyl (C=O) groups excluding carboxylic acids is 1. The monoisotopic (exact) mass is 324 g/mol. The third-order valence-corrected chi connectivity index (χ3v) is 4.73. The molecule has 1 amide bonds. The first kappa shape index (κ1) is 14.9. The smallest absolute Gasteiger partial charge is 0.254 e. The van der Waals surface area contributed by atoms with E-state index in [-0.39, 0.29) is 17.9 Å². The maximum absolute atomic E-state index is 12.8. The van der Waals surface area contributed by atoms with Crippen molar-refractivity contribution < 1.29 is 4.79 Å². The van der Waals surface area contributed by atoms with Gasteiger partial charge in [0.2, 0.25) is 0 Å². The zero-order chi connectivity index (χ0) is 16.8. The molecule has 0 spiro atoms. The van der Waals surface area contributed by atoms with Gasteiger partial charge in [-0.15, -0.1) is 0 Å². The summed E-state index contributed by atoms with van der Waals surface area (Å²) in [7, 11) is 3.87. The molecule has 0 radical (unpaired) electrons. The third kappa shape index (κ3) is 2.37. The average molecular weight is 324 g/mol. The van der Waals surface area contributed by atoms with Crippen LogP contribution >= 0.6 is 0 Å². The summed E-state index contributed by atoms with van der Waals surface area (Å²) in [5.74, 6) is 0.0742. The number of imidazole rings is 2. The lowest BCUT2D eigenvalue weighted by Crippen LogP contribution is -2.32. The highest BCUT2D eigenvalue weighted by Gasteiger charge is 2.35. The predicted molar refractivity (Wildman–Crippen MR) is 90.5 cm³/mol. The van der Waals surface area contributed by atoms with Gasteiger partial charge < -0.3 is 19.8 Å². The van der Waals surface area contributed by atoms with Crippen LogP contribution in [0.2, 0.25) is 0 Å². The fraction of sp³-hybridized carbons (Fsp3) is 0.353. The second-order valence-electron chi connectivity index (χ2n) is 6.50. The first-order valence-corrected chi connectivity index (χ1v) is 7.96. The molecule has 0 unspecified atom stereocenters.